The van der Waals surface area contributed by atoms with Crippen LogP contribution < -0.4 is 4.74 Å². The molecule has 1 heterocycles. The fourth-order valence-electron chi connectivity index (χ4n) is 3.37. The summed E-state index contributed by atoms with van der Waals surface area (Å²) in [5.74, 6) is 1.81. The molecular formula is C26H28N2OS. The van der Waals surface area contributed by atoms with E-state index in [-0.39, 0.29) is 0 Å². The number of ether oxygens (including phenoxy) is 1. The number of rotatable bonds is 8. The Hall–Kier alpha value is -2.72. The SMILES string of the molecule is CCCCOc1ccc(-n2c(SCc3ccc(C)cc3)nc3cc(C)ccc32)cc1. The third-order valence-electron chi connectivity index (χ3n) is 5.13. The Kier molecular flexibility index (Phi) is 6.44. The minimum Gasteiger partial charge on any atom is -0.494 e. The molecule has 0 N–H and O–H groups in total. The number of hydrogen-bond acceptors (Lipinski definition) is 3. The molecule has 0 unspecified atom stereocenters. The van der Waals surface area contributed by atoms with Crippen LogP contribution in [0.1, 0.15) is 36.5 Å². The predicted molar refractivity (Wildman–Crippen MR) is 127 cm³/mol. The molecule has 0 atom stereocenters. The van der Waals surface area contributed by atoms with Crippen LogP contribution in [0.25, 0.3) is 16.7 Å². The molecule has 0 aliphatic rings. The van der Waals surface area contributed by atoms with Gasteiger partial charge in [-0.2, -0.15) is 0 Å². The van der Waals surface area contributed by atoms with E-state index in [4.69, 9.17) is 9.72 Å². The average Bonchev–Trinajstić information content (AvgIpc) is 3.11. The second-order valence-corrected chi connectivity index (χ2v) is 8.63. The first-order valence-corrected chi connectivity index (χ1v) is 11.5. The van der Waals surface area contributed by atoms with Crippen molar-refractivity contribution in [1.82, 2.24) is 9.55 Å². The van der Waals surface area contributed by atoms with E-state index in [1.54, 1.807) is 11.8 Å². The monoisotopic (exact) mass is 416 g/mol. The molecule has 4 aromatic rings. The van der Waals surface area contributed by atoms with Crippen molar-refractivity contribution in [3.05, 3.63) is 83.4 Å². The van der Waals surface area contributed by atoms with Crippen molar-refractivity contribution in [2.75, 3.05) is 6.61 Å². The summed E-state index contributed by atoms with van der Waals surface area (Å²) in [7, 11) is 0. The van der Waals surface area contributed by atoms with Gasteiger partial charge in [0, 0.05) is 11.4 Å². The number of unbranched alkanes of at least 4 members (excludes halogenated alkanes) is 1. The van der Waals surface area contributed by atoms with E-state index < -0.39 is 0 Å². The molecule has 4 rings (SSSR count). The molecule has 154 valence electrons. The Labute approximate surface area is 183 Å². The van der Waals surface area contributed by atoms with E-state index in [9.17, 15) is 0 Å². The predicted octanol–water partition coefficient (Wildman–Crippen LogP) is 7.11. The van der Waals surface area contributed by atoms with E-state index >= 15 is 0 Å². The molecule has 4 heteroatoms. The Morgan fingerprint density at radius 3 is 2.37 bits per heavy atom. The zero-order valence-electron chi connectivity index (χ0n) is 17.9. The van der Waals surface area contributed by atoms with E-state index in [0.717, 1.165) is 52.8 Å². The minimum absolute atomic E-state index is 0.765. The van der Waals surface area contributed by atoms with Gasteiger partial charge < -0.3 is 4.74 Å². The van der Waals surface area contributed by atoms with Crippen LogP contribution in [-0.2, 0) is 5.75 Å². The van der Waals surface area contributed by atoms with Gasteiger partial charge in [-0.25, -0.2) is 4.98 Å². The number of nitrogens with zero attached hydrogens (tertiary/aromatic N) is 2. The van der Waals surface area contributed by atoms with E-state index in [0.29, 0.717) is 0 Å². The molecule has 0 aliphatic heterocycles. The Morgan fingerprint density at radius 2 is 1.63 bits per heavy atom. The molecule has 0 saturated heterocycles. The average molecular weight is 417 g/mol. The van der Waals surface area contributed by atoms with E-state index in [1.165, 1.54) is 16.7 Å². The number of fused-ring (bicyclic) bond motifs is 1. The third-order valence-corrected chi connectivity index (χ3v) is 6.14. The van der Waals surface area contributed by atoms with Crippen LogP contribution in [0.15, 0.2) is 71.9 Å². The van der Waals surface area contributed by atoms with Crippen molar-refractivity contribution in [1.29, 1.82) is 0 Å². The van der Waals surface area contributed by atoms with Crippen LogP contribution in [0.4, 0.5) is 0 Å². The summed E-state index contributed by atoms with van der Waals surface area (Å²) in [5.41, 5.74) is 7.08. The summed E-state index contributed by atoms with van der Waals surface area (Å²) >= 11 is 1.77. The number of hydrogen-bond donors (Lipinski definition) is 0. The molecule has 0 fully saturated rings. The Balaban J connectivity index is 1.64. The molecule has 0 bridgehead atoms. The first-order valence-electron chi connectivity index (χ1n) is 10.5. The van der Waals surface area contributed by atoms with Crippen LogP contribution in [0.5, 0.6) is 5.75 Å². The van der Waals surface area contributed by atoms with Gasteiger partial charge in [-0.15, -0.1) is 0 Å². The molecule has 30 heavy (non-hydrogen) atoms. The number of aryl methyl sites for hydroxylation is 2. The fourth-order valence-corrected chi connectivity index (χ4v) is 4.36. The molecule has 0 amide bonds. The molecule has 0 saturated carbocycles. The van der Waals surface area contributed by atoms with Gasteiger partial charge in [0.1, 0.15) is 5.75 Å². The Bertz CT molecular complexity index is 1110. The highest BCUT2D eigenvalue weighted by Gasteiger charge is 2.14. The third kappa shape index (κ3) is 4.71. The number of thioether (sulfide) groups is 1. The first-order chi connectivity index (χ1) is 14.6. The smallest absolute Gasteiger partial charge is 0.174 e. The highest BCUT2D eigenvalue weighted by Crippen LogP contribution is 2.31. The van der Waals surface area contributed by atoms with Gasteiger partial charge in [0.2, 0.25) is 0 Å². The van der Waals surface area contributed by atoms with Crippen LogP contribution in [0.3, 0.4) is 0 Å². The molecular weight excluding hydrogens is 388 g/mol. The summed E-state index contributed by atoms with van der Waals surface area (Å²) in [4.78, 5) is 4.96. The normalized spacial score (nSPS) is 11.2. The Morgan fingerprint density at radius 1 is 0.900 bits per heavy atom. The minimum atomic E-state index is 0.765. The van der Waals surface area contributed by atoms with Crippen molar-refractivity contribution >= 4 is 22.8 Å². The summed E-state index contributed by atoms with van der Waals surface area (Å²) < 4.78 is 8.09. The summed E-state index contributed by atoms with van der Waals surface area (Å²) in [5, 5.41) is 1.01. The molecule has 3 aromatic carbocycles. The maximum Gasteiger partial charge on any atom is 0.174 e. The van der Waals surface area contributed by atoms with Crippen LogP contribution >= 0.6 is 11.8 Å². The fraction of sp³-hybridized carbons (Fsp3) is 0.269. The molecule has 0 spiro atoms. The standard InChI is InChI=1S/C26H28N2OS/c1-4-5-16-29-23-13-11-22(12-14-23)28-25-15-8-20(3)17-24(25)27-26(28)30-18-21-9-6-19(2)7-10-21/h6-15,17H,4-5,16,18H2,1-3H3. The van der Waals surface area contributed by atoms with E-state index in [2.05, 4.69) is 92.1 Å². The van der Waals surface area contributed by atoms with Crippen LogP contribution in [0.2, 0.25) is 0 Å². The van der Waals surface area contributed by atoms with Crippen molar-refractivity contribution in [2.24, 2.45) is 0 Å². The van der Waals surface area contributed by atoms with Gasteiger partial charge in [0.15, 0.2) is 5.16 Å². The van der Waals surface area contributed by atoms with Crippen LogP contribution in [0, 0.1) is 13.8 Å². The lowest BCUT2D eigenvalue weighted by Crippen LogP contribution is -1.99. The zero-order valence-corrected chi connectivity index (χ0v) is 18.7. The number of aromatic nitrogens is 2. The highest BCUT2D eigenvalue weighted by atomic mass is 32.2. The second-order valence-electron chi connectivity index (χ2n) is 7.69. The van der Waals surface area contributed by atoms with Crippen molar-refractivity contribution < 1.29 is 4.74 Å². The van der Waals surface area contributed by atoms with Crippen molar-refractivity contribution in [3.63, 3.8) is 0 Å². The summed E-state index contributed by atoms with van der Waals surface area (Å²) in [6.45, 7) is 7.17. The summed E-state index contributed by atoms with van der Waals surface area (Å²) in [6.07, 6.45) is 2.22. The largest absolute Gasteiger partial charge is 0.494 e. The van der Waals surface area contributed by atoms with Gasteiger partial charge in [-0.1, -0.05) is 61.0 Å². The maximum absolute atomic E-state index is 5.84. The molecule has 0 radical (unpaired) electrons. The van der Waals surface area contributed by atoms with Gasteiger partial charge in [-0.3, -0.25) is 4.57 Å². The lowest BCUT2D eigenvalue weighted by atomic mass is 10.2. The topological polar surface area (TPSA) is 27.1 Å². The zero-order chi connectivity index (χ0) is 20.9. The van der Waals surface area contributed by atoms with Gasteiger partial charge in [-0.05, 0) is 67.8 Å². The van der Waals surface area contributed by atoms with Crippen molar-refractivity contribution in [3.8, 4) is 11.4 Å². The van der Waals surface area contributed by atoms with Crippen molar-refractivity contribution in [2.45, 2.75) is 44.5 Å². The summed E-state index contributed by atoms with van der Waals surface area (Å²) in [6, 6.07) is 23.6. The lowest BCUT2D eigenvalue weighted by molar-refractivity contribution is 0.309. The van der Waals surface area contributed by atoms with E-state index in [1.807, 2.05) is 0 Å². The number of imidazole rings is 1. The van der Waals surface area contributed by atoms with Gasteiger partial charge in [0.25, 0.3) is 0 Å². The highest BCUT2D eigenvalue weighted by molar-refractivity contribution is 7.98. The first kappa shape index (κ1) is 20.5. The quantitative estimate of drug-likeness (QED) is 0.226. The molecule has 3 nitrogen and oxygen atoms in total. The van der Waals surface area contributed by atoms with Gasteiger partial charge >= 0.3 is 0 Å². The lowest BCUT2D eigenvalue weighted by Gasteiger charge is -2.11. The molecule has 1 aromatic heterocycles. The second kappa shape index (κ2) is 9.40. The van der Waals surface area contributed by atoms with Crippen LogP contribution in [-0.4, -0.2) is 16.2 Å². The number of benzene rings is 3. The molecule has 0 aliphatic carbocycles. The maximum atomic E-state index is 5.84. The van der Waals surface area contributed by atoms with Gasteiger partial charge in [0.05, 0.1) is 17.6 Å².